The number of carbonyl (C=O) groups excluding carboxylic acids is 2. The minimum Gasteiger partial charge on any atom is -0.391 e. The number of carbonyl (C=O) groups is 2. The Labute approximate surface area is 141 Å². The predicted molar refractivity (Wildman–Crippen MR) is 92.4 cm³/mol. The fourth-order valence-electron chi connectivity index (χ4n) is 2.27. The lowest BCUT2D eigenvalue weighted by Crippen LogP contribution is -2.33. The average molecular weight is 326 g/mol. The number of aliphatic hydroxyl groups excluding tert-OH is 1. The molecule has 0 aliphatic heterocycles. The molecule has 0 aliphatic rings. The van der Waals surface area contributed by atoms with Crippen LogP contribution in [0.4, 0.5) is 0 Å². The van der Waals surface area contributed by atoms with Crippen LogP contribution in [-0.4, -0.2) is 29.6 Å². The fourth-order valence-corrected chi connectivity index (χ4v) is 2.27. The van der Waals surface area contributed by atoms with E-state index in [-0.39, 0.29) is 18.4 Å². The molecule has 5 heteroatoms. The molecule has 0 saturated heterocycles. The maximum Gasteiger partial charge on any atom is 0.251 e. The van der Waals surface area contributed by atoms with E-state index in [9.17, 15) is 14.7 Å². The molecular weight excluding hydrogens is 304 g/mol. The molecule has 3 N–H and O–H groups in total. The van der Waals surface area contributed by atoms with Crippen molar-refractivity contribution in [2.24, 2.45) is 0 Å². The van der Waals surface area contributed by atoms with Crippen molar-refractivity contribution in [3.63, 3.8) is 0 Å². The lowest BCUT2D eigenvalue weighted by molar-refractivity contribution is -0.119. The summed E-state index contributed by atoms with van der Waals surface area (Å²) in [5.74, 6) is -0.322. The highest BCUT2D eigenvalue weighted by Gasteiger charge is 2.10. The molecule has 0 bridgehead atoms. The van der Waals surface area contributed by atoms with Crippen LogP contribution in [0, 0.1) is 0 Å². The Kier molecular flexibility index (Phi) is 6.51. The fraction of sp³-hybridized carbons (Fsp3) is 0.263. The predicted octanol–water partition coefficient (Wildman–Crippen LogP) is 1.66. The van der Waals surface area contributed by atoms with Crippen molar-refractivity contribution >= 4 is 11.8 Å². The maximum atomic E-state index is 12.1. The van der Waals surface area contributed by atoms with Crippen molar-refractivity contribution in [3.8, 4) is 0 Å². The highest BCUT2D eigenvalue weighted by molar-refractivity contribution is 5.94. The second kappa shape index (κ2) is 8.84. The van der Waals surface area contributed by atoms with Gasteiger partial charge in [-0.1, -0.05) is 42.5 Å². The summed E-state index contributed by atoms with van der Waals surface area (Å²) < 4.78 is 0. The van der Waals surface area contributed by atoms with Crippen LogP contribution < -0.4 is 10.6 Å². The van der Waals surface area contributed by atoms with Crippen LogP contribution in [0.1, 0.15) is 28.4 Å². The zero-order chi connectivity index (χ0) is 17.4. The van der Waals surface area contributed by atoms with E-state index < -0.39 is 6.10 Å². The highest BCUT2D eigenvalue weighted by Crippen LogP contribution is 2.05. The number of benzene rings is 2. The molecule has 0 aliphatic carbocycles. The molecule has 0 spiro atoms. The molecule has 0 radical (unpaired) electrons. The number of rotatable bonds is 7. The van der Waals surface area contributed by atoms with Gasteiger partial charge in [0.05, 0.1) is 6.10 Å². The molecule has 126 valence electrons. The number of hydrogen-bond donors (Lipinski definition) is 3. The van der Waals surface area contributed by atoms with Gasteiger partial charge in [-0.25, -0.2) is 0 Å². The van der Waals surface area contributed by atoms with Crippen LogP contribution in [0.5, 0.6) is 0 Å². The lowest BCUT2D eigenvalue weighted by Gasteiger charge is -2.12. The monoisotopic (exact) mass is 326 g/mol. The van der Waals surface area contributed by atoms with Crippen molar-refractivity contribution in [3.05, 3.63) is 71.3 Å². The topological polar surface area (TPSA) is 78.4 Å². The van der Waals surface area contributed by atoms with Crippen molar-refractivity contribution in [1.82, 2.24) is 10.6 Å². The van der Waals surface area contributed by atoms with E-state index in [0.717, 1.165) is 11.1 Å². The second-order valence-electron chi connectivity index (χ2n) is 5.66. The molecular formula is C19H22N2O3. The number of hydrogen-bond acceptors (Lipinski definition) is 3. The third-order valence-corrected chi connectivity index (χ3v) is 3.57. The van der Waals surface area contributed by atoms with Crippen molar-refractivity contribution in [2.45, 2.75) is 26.0 Å². The van der Waals surface area contributed by atoms with Gasteiger partial charge >= 0.3 is 0 Å². The van der Waals surface area contributed by atoms with E-state index in [0.29, 0.717) is 18.5 Å². The summed E-state index contributed by atoms with van der Waals surface area (Å²) in [4.78, 5) is 23.0. The molecule has 0 saturated carbocycles. The zero-order valence-electron chi connectivity index (χ0n) is 13.7. The summed E-state index contributed by atoms with van der Waals surface area (Å²) in [5, 5.41) is 15.4. The van der Waals surface area contributed by atoms with Crippen molar-refractivity contribution in [1.29, 1.82) is 0 Å². The normalized spacial score (nSPS) is 11.6. The quantitative estimate of drug-likeness (QED) is 0.724. The first-order valence-electron chi connectivity index (χ1n) is 7.88. The Morgan fingerprint density at radius 1 is 0.958 bits per heavy atom. The van der Waals surface area contributed by atoms with Gasteiger partial charge in [0.15, 0.2) is 0 Å². The molecule has 2 aromatic carbocycles. The molecule has 1 atom stereocenters. The third kappa shape index (κ3) is 5.85. The molecule has 0 fully saturated rings. The minimum atomic E-state index is -0.629. The Balaban J connectivity index is 1.80. The first-order valence-corrected chi connectivity index (χ1v) is 7.88. The van der Waals surface area contributed by atoms with Crippen LogP contribution in [0.25, 0.3) is 0 Å². The van der Waals surface area contributed by atoms with Gasteiger partial charge in [0, 0.05) is 32.0 Å². The summed E-state index contributed by atoms with van der Waals surface area (Å²) in [6.45, 7) is 2.09. The molecule has 5 nitrogen and oxygen atoms in total. The van der Waals surface area contributed by atoms with Crippen LogP contribution in [-0.2, 0) is 17.8 Å². The van der Waals surface area contributed by atoms with Gasteiger partial charge in [0.1, 0.15) is 0 Å². The summed E-state index contributed by atoms with van der Waals surface area (Å²) in [5.41, 5.74) is 2.47. The molecule has 0 aromatic heterocycles. The van der Waals surface area contributed by atoms with Gasteiger partial charge in [-0.15, -0.1) is 0 Å². The highest BCUT2D eigenvalue weighted by atomic mass is 16.3. The van der Waals surface area contributed by atoms with Crippen LogP contribution in [0.2, 0.25) is 0 Å². The summed E-state index contributed by atoms with van der Waals surface area (Å²) in [6.07, 6.45) is -0.132. The van der Waals surface area contributed by atoms with Crippen LogP contribution >= 0.6 is 0 Å². The van der Waals surface area contributed by atoms with E-state index in [4.69, 9.17) is 0 Å². The third-order valence-electron chi connectivity index (χ3n) is 3.57. The van der Waals surface area contributed by atoms with E-state index in [1.807, 2.05) is 30.3 Å². The lowest BCUT2D eigenvalue weighted by atomic mass is 10.1. The maximum absolute atomic E-state index is 12.1. The standard InChI is InChI=1S/C19H22N2O3/c1-14(22)20-12-16-7-9-17(10-8-16)19(24)21-13-18(23)11-15-5-3-2-4-6-15/h2-10,18,23H,11-13H2,1H3,(H,20,22)(H,21,24). The summed E-state index contributed by atoms with van der Waals surface area (Å²) in [6, 6.07) is 16.7. The number of aliphatic hydroxyl groups is 1. The Bertz CT molecular complexity index is 669. The summed E-state index contributed by atoms with van der Waals surface area (Å²) in [7, 11) is 0. The van der Waals surface area contributed by atoms with Gasteiger partial charge in [-0.05, 0) is 23.3 Å². The molecule has 24 heavy (non-hydrogen) atoms. The van der Waals surface area contributed by atoms with Crippen LogP contribution in [0.15, 0.2) is 54.6 Å². The molecule has 2 amide bonds. The molecule has 1 unspecified atom stereocenters. The SMILES string of the molecule is CC(=O)NCc1ccc(C(=O)NCC(O)Cc2ccccc2)cc1. The van der Waals surface area contributed by atoms with Gasteiger partial charge in [-0.2, -0.15) is 0 Å². The number of amides is 2. The largest absolute Gasteiger partial charge is 0.391 e. The van der Waals surface area contributed by atoms with Gasteiger partial charge in [0.2, 0.25) is 5.91 Å². The van der Waals surface area contributed by atoms with Gasteiger partial charge < -0.3 is 15.7 Å². The Hall–Kier alpha value is -2.66. The van der Waals surface area contributed by atoms with Gasteiger partial charge in [-0.3, -0.25) is 9.59 Å². The summed E-state index contributed by atoms with van der Waals surface area (Å²) >= 11 is 0. The molecule has 2 aromatic rings. The smallest absolute Gasteiger partial charge is 0.251 e. The Morgan fingerprint density at radius 2 is 1.62 bits per heavy atom. The van der Waals surface area contributed by atoms with E-state index in [1.54, 1.807) is 24.3 Å². The van der Waals surface area contributed by atoms with E-state index >= 15 is 0 Å². The van der Waals surface area contributed by atoms with Gasteiger partial charge in [0.25, 0.3) is 5.91 Å². The molecule has 0 heterocycles. The zero-order valence-corrected chi connectivity index (χ0v) is 13.7. The van der Waals surface area contributed by atoms with Crippen LogP contribution in [0.3, 0.4) is 0 Å². The number of nitrogens with one attached hydrogen (secondary N) is 2. The van der Waals surface area contributed by atoms with E-state index in [2.05, 4.69) is 10.6 Å². The van der Waals surface area contributed by atoms with Crippen molar-refractivity contribution < 1.29 is 14.7 Å². The first kappa shape index (κ1) is 17.7. The second-order valence-corrected chi connectivity index (χ2v) is 5.66. The van der Waals surface area contributed by atoms with Crippen molar-refractivity contribution in [2.75, 3.05) is 6.54 Å². The first-order chi connectivity index (χ1) is 11.5. The average Bonchev–Trinajstić information content (AvgIpc) is 2.59. The van der Waals surface area contributed by atoms with E-state index in [1.165, 1.54) is 6.92 Å². The Morgan fingerprint density at radius 3 is 2.25 bits per heavy atom. The minimum absolute atomic E-state index is 0.0933. The molecule has 2 rings (SSSR count).